The highest BCUT2D eigenvalue weighted by molar-refractivity contribution is 6.31. The lowest BCUT2D eigenvalue weighted by Gasteiger charge is -2.14. The molecule has 0 bridgehead atoms. The Morgan fingerprint density at radius 2 is 1.04 bits per heavy atom. The van der Waals surface area contributed by atoms with Crippen LogP contribution in [0.5, 0.6) is 0 Å². The molecule has 51 heavy (non-hydrogen) atoms. The molecule has 0 radical (unpaired) electrons. The predicted octanol–water partition coefficient (Wildman–Crippen LogP) is 11.4. The highest BCUT2D eigenvalue weighted by atomic mass is 15.1. The third-order valence-corrected chi connectivity index (χ3v) is 10.4. The summed E-state index contributed by atoms with van der Waals surface area (Å²) < 4.78 is 7.10. The van der Waals surface area contributed by atoms with Gasteiger partial charge >= 0.3 is 0 Å². The second-order valence-electron chi connectivity index (χ2n) is 13.1. The molecule has 0 N–H and O–H groups in total. The minimum Gasteiger partial charge on any atom is -0.309 e. The third kappa shape index (κ3) is 3.97. The van der Waals surface area contributed by atoms with E-state index >= 15 is 0 Å². The van der Waals surface area contributed by atoms with Crippen LogP contribution in [-0.4, -0.2) is 23.7 Å². The number of para-hydroxylation sites is 4. The maximum Gasteiger partial charge on any atom is 0.137 e. The van der Waals surface area contributed by atoms with Crippen molar-refractivity contribution in [3.05, 3.63) is 176 Å². The predicted molar refractivity (Wildman–Crippen MR) is 210 cm³/mol. The van der Waals surface area contributed by atoms with Crippen molar-refractivity contribution in [2.75, 3.05) is 0 Å². The van der Waals surface area contributed by atoms with E-state index in [9.17, 15) is 0 Å². The molecule has 0 atom stereocenters. The van der Waals surface area contributed by atoms with Crippen molar-refractivity contribution >= 4 is 65.4 Å². The van der Waals surface area contributed by atoms with Crippen LogP contribution in [0.15, 0.2) is 176 Å². The Morgan fingerprint density at radius 1 is 0.392 bits per heavy atom. The fourth-order valence-corrected chi connectivity index (χ4v) is 8.31. The number of pyridine rings is 2. The molecule has 0 aliphatic rings. The summed E-state index contributed by atoms with van der Waals surface area (Å²) in [5.41, 5.74) is 11.4. The smallest absolute Gasteiger partial charge is 0.137 e. The van der Waals surface area contributed by atoms with E-state index in [-0.39, 0.29) is 0 Å². The first-order valence-electron chi connectivity index (χ1n) is 17.3. The molecule has 0 fully saturated rings. The first kappa shape index (κ1) is 27.9. The van der Waals surface area contributed by atoms with Crippen LogP contribution in [0.4, 0.5) is 0 Å². The van der Waals surface area contributed by atoms with Gasteiger partial charge in [-0.3, -0.25) is 9.55 Å². The molecule has 5 heteroatoms. The topological polar surface area (TPSA) is 40.6 Å². The van der Waals surface area contributed by atoms with Crippen LogP contribution >= 0.6 is 0 Å². The summed E-state index contributed by atoms with van der Waals surface area (Å²) in [6, 6.07) is 56.5. The number of rotatable bonds is 4. The lowest BCUT2D eigenvalue weighted by atomic mass is 9.96. The first-order chi connectivity index (χ1) is 25.3. The van der Waals surface area contributed by atoms with E-state index in [2.05, 4.69) is 164 Å². The van der Waals surface area contributed by atoms with Crippen molar-refractivity contribution < 1.29 is 0 Å². The van der Waals surface area contributed by atoms with E-state index < -0.39 is 0 Å². The summed E-state index contributed by atoms with van der Waals surface area (Å²) >= 11 is 0. The van der Waals surface area contributed by atoms with Gasteiger partial charge in [0.15, 0.2) is 0 Å². The van der Waals surface area contributed by atoms with Crippen molar-refractivity contribution in [3.8, 4) is 28.3 Å². The normalized spacial score (nSPS) is 11.9. The maximum absolute atomic E-state index is 4.87. The molecule has 0 spiro atoms. The zero-order valence-corrected chi connectivity index (χ0v) is 27.5. The van der Waals surface area contributed by atoms with E-state index in [1.165, 1.54) is 43.4 Å². The van der Waals surface area contributed by atoms with Crippen molar-refractivity contribution in [1.29, 1.82) is 0 Å². The van der Waals surface area contributed by atoms with Gasteiger partial charge in [-0.1, -0.05) is 84.9 Å². The van der Waals surface area contributed by atoms with Gasteiger partial charge in [0.1, 0.15) is 5.82 Å². The fraction of sp³-hybridized carbons (Fsp3) is 0. The fourth-order valence-electron chi connectivity index (χ4n) is 8.31. The van der Waals surface area contributed by atoms with Gasteiger partial charge in [0.25, 0.3) is 0 Å². The van der Waals surface area contributed by atoms with Crippen molar-refractivity contribution in [2.45, 2.75) is 0 Å². The van der Waals surface area contributed by atoms with Gasteiger partial charge in [0.2, 0.25) is 0 Å². The van der Waals surface area contributed by atoms with E-state index in [4.69, 9.17) is 4.98 Å². The molecule has 5 heterocycles. The molecule has 0 saturated heterocycles. The number of aromatic nitrogens is 5. The van der Waals surface area contributed by atoms with Crippen LogP contribution in [0, 0.1) is 0 Å². The average molecular weight is 652 g/mol. The Balaban J connectivity index is 1.34. The van der Waals surface area contributed by atoms with Crippen LogP contribution in [0.2, 0.25) is 0 Å². The van der Waals surface area contributed by atoms with Crippen molar-refractivity contribution in [3.63, 3.8) is 0 Å². The Kier molecular flexibility index (Phi) is 5.89. The number of benzene rings is 6. The van der Waals surface area contributed by atoms with Crippen LogP contribution in [-0.2, 0) is 0 Å². The largest absolute Gasteiger partial charge is 0.309 e. The zero-order chi connectivity index (χ0) is 33.5. The lowest BCUT2D eigenvalue weighted by molar-refractivity contribution is 1.08. The summed E-state index contributed by atoms with van der Waals surface area (Å²) in [5, 5.41) is 7.29. The number of hydrogen-bond acceptors (Lipinski definition) is 2. The Bertz CT molecular complexity index is 3120. The van der Waals surface area contributed by atoms with Gasteiger partial charge < -0.3 is 9.13 Å². The molecular weight excluding hydrogens is 623 g/mol. The molecule has 5 aromatic heterocycles. The van der Waals surface area contributed by atoms with Gasteiger partial charge in [0, 0.05) is 56.0 Å². The highest BCUT2D eigenvalue weighted by Crippen LogP contribution is 2.47. The SMILES string of the molecule is c1ccc(-n2c3ccccc3c3cc(-c4cc5c(c6ccccc6n5-c5ccccn5)c5c6ccccc6n(-c6cccnc6)c45)ccc32)cc1. The number of hydrogen-bond donors (Lipinski definition) is 0. The molecule has 11 rings (SSSR count). The molecular formula is C46H29N5. The molecule has 6 aromatic carbocycles. The number of fused-ring (bicyclic) bond motifs is 10. The number of nitrogens with zero attached hydrogens (tertiary/aromatic N) is 5. The Morgan fingerprint density at radius 3 is 1.78 bits per heavy atom. The second-order valence-corrected chi connectivity index (χ2v) is 13.1. The quantitative estimate of drug-likeness (QED) is 0.190. The standard InChI is InChI=1S/C46H29N5/c1-2-13-31(14-3-1)49-38-19-7-4-16-33(38)37-27-30(23-24-41(37)49)36-28-42-44(34-17-5-9-21-40(34)51(42)43-22-10-11-26-48-43)45-35-18-6-8-20-39(35)50(46(36)45)32-15-12-25-47-29-32/h1-29H. The molecule has 0 amide bonds. The van der Waals surface area contributed by atoms with Gasteiger partial charge in [-0.2, -0.15) is 0 Å². The molecule has 0 aliphatic carbocycles. The molecule has 0 aliphatic heterocycles. The average Bonchev–Trinajstić information content (AvgIpc) is 3.84. The van der Waals surface area contributed by atoms with Crippen LogP contribution in [0.3, 0.4) is 0 Å². The Hall–Kier alpha value is -6.98. The van der Waals surface area contributed by atoms with Crippen LogP contribution in [0.25, 0.3) is 93.7 Å². The zero-order valence-electron chi connectivity index (χ0n) is 27.5. The lowest BCUT2D eigenvalue weighted by Crippen LogP contribution is -1.98. The summed E-state index contributed by atoms with van der Waals surface area (Å²) in [6.07, 6.45) is 5.68. The monoisotopic (exact) mass is 651 g/mol. The van der Waals surface area contributed by atoms with Crippen molar-refractivity contribution in [1.82, 2.24) is 23.7 Å². The maximum atomic E-state index is 4.87. The van der Waals surface area contributed by atoms with Gasteiger partial charge in [0.05, 0.1) is 45.0 Å². The third-order valence-electron chi connectivity index (χ3n) is 10.4. The molecule has 0 saturated carbocycles. The van der Waals surface area contributed by atoms with Gasteiger partial charge in [-0.15, -0.1) is 0 Å². The van der Waals surface area contributed by atoms with E-state index in [1.807, 2.05) is 30.7 Å². The van der Waals surface area contributed by atoms with Crippen molar-refractivity contribution in [2.24, 2.45) is 0 Å². The molecule has 238 valence electrons. The highest BCUT2D eigenvalue weighted by Gasteiger charge is 2.25. The first-order valence-corrected chi connectivity index (χ1v) is 17.3. The summed E-state index contributed by atoms with van der Waals surface area (Å²) in [5.74, 6) is 0.895. The van der Waals surface area contributed by atoms with E-state index in [0.29, 0.717) is 0 Å². The summed E-state index contributed by atoms with van der Waals surface area (Å²) in [6.45, 7) is 0. The van der Waals surface area contributed by atoms with Crippen LogP contribution in [0.1, 0.15) is 0 Å². The minimum absolute atomic E-state index is 0.895. The van der Waals surface area contributed by atoms with Gasteiger partial charge in [-0.05, 0) is 78.4 Å². The molecule has 0 unspecified atom stereocenters. The minimum atomic E-state index is 0.895. The van der Waals surface area contributed by atoms with E-state index in [0.717, 1.165) is 50.4 Å². The Labute approximate surface area is 292 Å². The van der Waals surface area contributed by atoms with Gasteiger partial charge in [-0.25, -0.2) is 4.98 Å². The van der Waals surface area contributed by atoms with Crippen LogP contribution < -0.4 is 0 Å². The summed E-state index contributed by atoms with van der Waals surface area (Å²) in [7, 11) is 0. The van der Waals surface area contributed by atoms with E-state index in [1.54, 1.807) is 0 Å². The second kappa shape index (κ2) is 10.8. The summed E-state index contributed by atoms with van der Waals surface area (Å²) in [4.78, 5) is 9.46. The molecule has 11 aromatic rings. The molecule has 5 nitrogen and oxygen atoms in total.